The fourth-order valence-corrected chi connectivity index (χ4v) is 3.72. The summed E-state index contributed by atoms with van der Waals surface area (Å²) in [6, 6.07) is 9.72. The van der Waals surface area contributed by atoms with Crippen molar-refractivity contribution in [2.75, 3.05) is 19.7 Å². The first-order chi connectivity index (χ1) is 14.1. The average Bonchev–Trinajstić information content (AvgIpc) is 2.70. The molecule has 1 heterocycles. The second-order valence-electron chi connectivity index (χ2n) is 9.58. The molecule has 0 bridgehead atoms. The number of amides is 2. The quantitative estimate of drug-likeness (QED) is 0.688. The topological polar surface area (TPSA) is 75.7 Å². The molecule has 30 heavy (non-hydrogen) atoms. The molecule has 1 N–H and O–H groups in total. The maximum atomic E-state index is 12.4. The van der Waals surface area contributed by atoms with Crippen LogP contribution in [0.4, 0.5) is 0 Å². The van der Waals surface area contributed by atoms with E-state index >= 15 is 0 Å². The molecule has 0 spiro atoms. The zero-order valence-electron chi connectivity index (χ0n) is 18.9. The fourth-order valence-electron chi connectivity index (χ4n) is 3.72. The summed E-state index contributed by atoms with van der Waals surface area (Å²) in [4.78, 5) is 39.0. The Labute approximate surface area is 180 Å². The monoisotopic (exact) mass is 416 g/mol. The van der Waals surface area contributed by atoms with Gasteiger partial charge in [-0.3, -0.25) is 14.4 Å². The van der Waals surface area contributed by atoms with Crippen LogP contribution in [0.25, 0.3) is 0 Å². The summed E-state index contributed by atoms with van der Waals surface area (Å²) in [6.07, 6.45) is 1.95. The van der Waals surface area contributed by atoms with Crippen LogP contribution in [0.2, 0.25) is 0 Å². The first kappa shape index (κ1) is 23.9. The largest absolute Gasteiger partial charge is 0.455 e. The van der Waals surface area contributed by atoms with E-state index in [0.29, 0.717) is 31.8 Å². The van der Waals surface area contributed by atoms with Gasteiger partial charge in [0.05, 0.1) is 12.0 Å². The first-order valence-corrected chi connectivity index (χ1v) is 10.9. The lowest BCUT2D eigenvalue weighted by atomic mass is 9.91. The molecular weight excluding hydrogens is 380 g/mol. The maximum absolute atomic E-state index is 12.4. The number of benzene rings is 1. The minimum atomic E-state index is -0.420. The molecule has 1 unspecified atom stereocenters. The van der Waals surface area contributed by atoms with E-state index in [4.69, 9.17) is 4.74 Å². The van der Waals surface area contributed by atoms with Gasteiger partial charge in [0.15, 0.2) is 6.61 Å². The van der Waals surface area contributed by atoms with E-state index in [2.05, 4.69) is 19.2 Å². The van der Waals surface area contributed by atoms with Gasteiger partial charge in [-0.15, -0.1) is 0 Å². The van der Waals surface area contributed by atoms with Crippen LogP contribution in [-0.4, -0.2) is 42.4 Å². The van der Waals surface area contributed by atoms with E-state index in [9.17, 15) is 14.4 Å². The summed E-state index contributed by atoms with van der Waals surface area (Å²) < 4.78 is 5.29. The number of hydrogen-bond donors (Lipinski definition) is 1. The van der Waals surface area contributed by atoms with E-state index in [1.807, 2.05) is 56.0 Å². The number of nitrogens with zero attached hydrogens (tertiary/aromatic N) is 1. The van der Waals surface area contributed by atoms with Crippen molar-refractivity contribution in [2.45, 2.75) is 59.9 Å². The van der Waals surface area contributed by atoms with Gasteiger partial charge in [0, 0.05) is 18.5 Å². The highest BCUT2D eigenvalue weighted by Crippen LogP contribution is 2.24. The molecule has 0 aromatic heterocycles. The lowest BCUT2D eigenvalue weighted by Gasteiger charge is -2.34. The summed E-state index contributed by atoms with van der Waals surface area (Å²) in [5, 5.41) is 2.99. The smallest absolute Gasteiger partial charge is 0.309 e. The fraction of sp³-hybridized carbons (Fsp3) is 0.625. The normalized spacial score (nSPS) is 16.3. The molecule has 1 aliphatic heterocycles. The molecule has 166 valence electrons. The number of likely N-dealkylation sites (tertiary alicyclic amines) is 1. The molecule has 1 saturated heterocycles. The summed E-state index contributed by atoms with van der Waals surface area (Å²) in [7, 11) is 0. The number of ether oxygens (including phenoxy) is 1. The summed E-state index contributed by atoms with van der Waals surface area (Å²) in [6.45, 7) is 10.7. The Morgan fingerprint density at radius 1 is 1.10 bits per heavy atom. The maximum Gasteiger partial charge on any atom is 0.309 e. The molecule has 0 radical (unpaired) electrons. The van der Waals surface area contributed by atoms with Crippen LogP contribution < -0.4 is 5.32 Å². The Balaban J connectivity index is 1.81. The van der Waals surface area contributed by atoms with Crippen LogP contribution in [0.15, 0.2) is 30.3 Å². The highest BCUT2D eigenvalue weighted by atomic mass is 16.5. The van der Waals surface area contributed by atoms with Gasteiger partial charge in [0.2, 0.25) is 5.91 Å². The molecule has 0 aliphatic carbocycles. The highest BCUT2D eigenvalue weighted by molar-refractivity contribution is 5.83. The van der Waals surface area contributed by atoms with Crippen molar-refractivity contribution in [3.8, 4) is 0 Å². The zero-order chi connectivity index (χ0) is 22.3. The Kier molecular flexibility index (Phi) is 8.44. The third kappa shape index (κ3) is 7.15. The van der Waals surface area contributed by atoms with Gasteiger partial charge < -0.3 is 15.0 Å². The van der Waals surface area contributed by atoms with Crippen molar-refractivity contribution in [3.63, 3.8) is 0 Å². The van der Waals surface area contributed by atoms with Crippen molar-refractivity contribution in [2.24, 2.45) is 17.3 Å². The molecular formula is C24H36N2O4. The van der Waals surface area contributed by atoms with Gasteiger partial charge >= 0.3 is 5.97 Å². The average molecular weight is 417 g/mol. The van der Waals surface area contributed by atoms with Gasteiger partial charge in [0.1, 0.15) is 0 Å². The molecule has 1 aromatic rings. The van der Waals surface area contributed by atoms with Crippen LogP contribution in [-0.2, 0) is 19.1 Å². The molecule has 1 fully saturated rings. The third-order valence-corrected chi connectivity index (χ3v) is 5.35. The van der Waals surface area contributed by atoms with E-state index in [0.717, 1.165) is 12.0 Å². The Morgan fingerprint density at radius 3 is 2.23 bits per heavy atom. The van der Waals surface area contributed by atoms with E-state index in [1.165, 1.54) is 0 Å². The van der Waals surface area contributed by atoms with Crippen molar-refractivity contribution in [3.05, 3.63) is 35.9 Å². The molecule has 2 rings (SSSR count). The number of hydrogen-bond acceptors (Lipinski definition) is 4. The molecule has 2 amide bonds. The van der Waals surface area contributed by atoms with Crippen molar-refractivity contribution < 1.29 is 19.1 Å². The number of piperidine rings is 1. The van der Waals surface area contributed by atoms with Crippen LogP contribution in [0.3, 0.4) is 0 Å². The minimum absolute atomic E-state index is 0.103. The van der Waals surface area contributed by atoms with E-state index < -0.39 is 5.41 Å². The number of nitrogens with one attached hydrogen (secondary N) is 1. The SMILES string of the molecule is CC(C)CC(NC(=O)COC(=O)C1CCN(C(=O)C(C)(C)C)CC1)c1ccccc1. The molecule has 1 atom stereocenters. The Hall–Kier alpha value is -2.37. The van der Waals surface area contributed by atoms with Crippen LogP contribution in [0.1, 0.15) is 65.5 Å². The minimum Gasteiger partial charge on any atom is -0.455 e. The molecule has 6 nitrogen and oxygen atoms in total. The zero-order valence-corrected chi connectivity index (χ0v) is 18.9. The van der Waals surface area contributed by atoms with Crippen LogP contribution in [0, 0.1) is 17.3 Å². The van der Waals surface area contributed by atoms with Crippen molar-refractivity contribution in [1.82, 2.24) is 10.2 Å². The number of rotatable bonds is 7. The standard InChI is InChI=1S/C24H36N2O4/c1-17(2)15-20(18-9-7-6-8-10-18)25-21(27)16-30-22(28)19-11-13-26(14-12-19)23(29)24(3,4)5/h6-10,17,19-20H,11-16H2,1-5H3,(H,25,27). The lowest BCUT2D eigenvalue weighted by Crippen LogP contribution is -2.45. The number of esters is 1. The number of carbonyl (C=O) groups is 3. The lowest BCUT2D eigenvalue weighted by molar-refractivity contribution is -0.155. The van der Waals surface area contributed by atoms with Crippen LogP contribution >= 0.6 is 0 Å². The van der Waals surface area contributed by atoms with Crippen LogP contribution in [0.5, 0.6) is 0 Å². The second kappa shape index (κ2) is 10.6. The predicted molar refractivity (Wildman–Crippen MR) is 116 cm³/mol. The number of carbonyl (C=O) groups excluding carboxylic acids is 3. The second-order valence-corrected chi connectivity index (χ2v) is 9.58. The van der Waals surface area contributed by atoms with Gasteiger partial charge in [-0.25, -0.2) is 0 Å². The summed E-state index contributed by atoms with van der Waals surface area (Å²) in [5.74, 6) is -0.390. The van der Waals surface area contributed by atoms with E-state index in [1.54, 1.807) is 0 Å². The molecule has 0 saturated carbocycles. The van der Waals surface area contributed by atoms with Gasteiger partial charge in [-0.1, -0.05) is 65.0 Å². The van der Waals surface area contributed by atoms with E-state index in [-0.39, 0.29) is 36.4 Å². The molecule has 6 heteroatoms. The summed E-state index contributed by atoms with van der Waals surface area (Å²) >= 11 is 0. The van der Waals surface area contributed by atoms with Crippen molar-refractivity contribution >= 4 is 17.8 Å². The third-order valence-electron chi connectivity index (χ3n) is 5.35. The predicted octanol–water partition coefficient (Wildman–Crippen LogP) is 3.72. The molecule has 1 aliphatic rings. The summed E-state index contributed by atoms with van der Waals surface area (Å²) in [5.41, 5.74) is 0.623. The first-order valence-electron chi connectivity index (χ1n) is 10.9. The Morgan fingerprint density at radius 2 is 1.70 bits per heavy atom. The van der Waals surface area contributed by atoms with Gasteiger partial charge in [-0.2, -0.15) is 0 Å². The van der Waals surface area contributed by atoms with Gasteiger partial charge in [-0.05, 0) is 30.7 Å². The molecule has 1 aromatic carbocycles. The highest BCUT2D eigenvalue weighted by Gasteiger charge is 2.33. The Bertz CT molecular complexity index is 716. The van der Waals surface area contributed by atoms with Gasteiger partial charge in [0.25, 0.3) is 5.91 Å². The van der Waals surface area contributed by atoms with Crippen molar-refractivity contribution in [1.29, 1.82) is 0 Å².